The fourth-order valence-corrected chi connectivity index (χ4v) is 4.98. The first-order valence-corrected chi connectivity index (χ1v) is 10.2. The average Bonchev–Trinajstić information content (AvgIpc) is 3.00. The maximum absolute atomic E-state index is 13.3. The van der Waals surface area contributed by atoms with E-state index in [0.29, 0.717) is 11.5 Å². The second-order valence-corrected chi connectivity index (χ2v) is 8.44. The molecule has 0 unspecified atom stereocenters. The number of anilines is 2. The van der Waals surface area contributed by atoms with E-state index in [0.717, 1.165) is 35.2 Å². The Kier molecular flexibility index (Phi) is 4.60. The topological polar surface area (TPSA) is 64.0 Å². The number of thiophene rings is 1. The normalized spacial score (nSPS) is 13.8. The van der Waals surface area contributed by atoms with Gasteiger partial charge in [-0.15, -0.1) is 11.3 Å². The van der Waals surface area contributed by atoms with E-state index in [2.05, 4.69) is 5.32 Å². The van der Waals surface area contributed by atoms with Gasteiger partial charge in [-0.2, -0.15) is 0 Å². The molecule has 0 saturated carbocycles. The van der Waals surface area contributed by atoms with Crippen LogP contribution in [0.1, 0.15) is 60.5 Å². The van der Waals surface area contributed by atoms with E-state index < -0.39 is 0 Å². The van der Waals surface area contributed by atoms with Crippen LogP contribution in [-0.4, -0.2) is 15.3 Å². The third kappa shape index (κ3) is 3.18. The van der Waals surface area contributed by atoms with Gasteiger partial charge in [0.2, 0.25) is 5.95 Å². The monoisotopic (exact) mass is 381 g/mol. The highest BCUT2D eigenvalue weighted by Gasteiger charge is 2.23. The van der Waals surface area contributed by atoms with E-state index in [1.54, 1.807) is 35.0 Å². The highest BCUT2D eigenvalue weighted by Crippen LogP contribution is 2.35. The number of benzene rings is 1. The van der Waals surface area contributed by atoms with Crippen LogP contribution in [0.2, 0.25) is 0 Å². The molecule has 1 aliphatic rings. The summed E-state index contributed by atoms with van der Waals surface area (Å²) in [5.74, 6) is 0.538. The van der Waals surface area contributed by atoms with Crippen molar-refractivity contribution in [2.24, 2.45) is 0 Å². The van der Waals surface area contributed by atoms with Gasteiger partial charge in [0.15, 0.2) is 5.78 Å². The Morgan fingerprint density at radius 2 is 2.04 bits per heavy atom. The van der Waals surface area contributed by atoms with Crippen molar-refractivity contribution in [3.63, 3.8) is 0 Å². The molecule has 4 rings (SSSR count). The van der Waals surface area contributed by atoms with Crippen molar-refractivity contribution >= 4 is 39.0 Å². The maximum Gasteiger partial charge on any atom is 0.264 e. The summed E-state index contributed by atoms with van der Waals surface area (Å²) < 4.78 is 1.73. The van der Waals surface area contributed by atoms with Gasteiger partial charge in [0.25, 0.3) is 5.56 Å². The Hall–Kier alpha value is -2.47. The molecule has 6 heteroatoms. The number of rotatable bonds is 4. The zero-order valence-electron chi connectivity index (χ0n) is 15.8. The minimum absolute atomic E-state index is 0.00856. The minimum Gasteiger partial charge on any atom is -0.325 e. The van der Waals surface area contributed by atoms with E-state index in [1.165, 1.54) is 16.9 Å². The number of hydrogen-bond acceptors (Lipinski definition) is 5. The summed E-state index contributed by atoms with van der Waals surface area (Å²) in [6.45, 7) is 5.53. The Morgan fingerprint density at radius 1 is 1.26 bits per heavy atom. The number of carbonyl (C=O) groups is 1. The lowest BCUT2D eigenvalue weighted by Gasteiger charge is -2.17. The summed E-state index contributed by atoms with van der Waals surface area (Å²) in [6.07, 6.45) is 4.33. The predicted molar refractivity (Wildman–Crippen MR) is 111 cm³/mol. The van der Waals surface area contributed by atoms with Gasteiger partial charge in [-0.1, -0.05) is 12.1 Å². The third-order valence-electron chi connectivity index (χ3n) is 5.06. The van der Waals surface area contributed by atoms with Crippen molar-refractivity contribution in [1.29, 1.82) is 0 Å². The second kappa shape index (κ2) is 6.93. The number of fused-ring (bicyclic) bond motifs is 3. The zero-order valence-corrected chi connectivity index (χ0v) is 16.7. The van der Waals surface area contributed by atoms with Crippen LogP contribution < -0.4 is 10.9 Å². The summed E-state index contributed by atoms with van der Waals surface area (Å²) in [7, 11) is 0. The van der Waals surface area contributed by atoms with Gasteiger partial charge in [0.1, 0.15) is 4.83 Å². The molecule has 0 saturated heterocycles. The summed E-state index contributed by atoms with van der Waals surface area (Å²) in [6, 6.07) is 7.27. The van der Waals surface area contributed by atoms with E-state index in [4.69, 9.17) is 4.98 Å². The molecule has 5 nitrogen and oxygen atoms in total. The fraction of sp³-hybridized carbons (Fsp3) is 0.381. The number of hydrogen-bond donors (Lipinski definition) is 1. The first kappa shape index (κ1) is 17.9. The van der Waals surface area contributed by atoms with Crippen LogP contribution in [-0.2, 0) is 12.8 Å². The van der Waals surface area contributed by atoms with Crippen molar-refractivity contribution in [3.8, 4) is 0 Å². The molecule has 140 valence electrons. The highest BCUT2D eigenvalue weighted by atomic mass is 32.1. The Bertz CT molecular complexity index is 1090. The number of ketones is 1. The molecule has 0 bridgehead atoms. The molecule has 0 atom stereocenters. The van der Waals surface area contributed by atoms with Gasteiger partial charge in [0.05, 0.1) is 5.39 Å². The molecule has 27 heavy (non-hydrogen) atoms. The first-order chi connectivity index (χ1) is 13.0. The van der Waals surface area contributed by atoms with E-state index in [9.17, 15) is 9.59 Å². The van der Waals surface area contributed by atoms with Gasteiger partial charge in [0, 0.05) is 22.2 Å². The Morgan fingerprint density at radius 3 is 2.78 bits per heavy atom. The van der Waals surface area contributed by atoms with Crippen molar-refractivity contribution in [3.05, 3.63) is 50.6 Å². The van der Waals surface area contributed by atoms with Gasteiger partial charge < -0.3 is 5.32 Å². The Balaban J connectivity index is 1.87. The predicted octanol–water partition coefficient (Wildman–Crippen LogP) is 4.86. The van der Waals surface area contributed by atoms with Crippen molar-refractivity contribution in [1.82, 2.24) is 9.55 Å². The zero-order chi connectivity index (χ0) is 19.1. The van der Waals surface area contributed by atoms with Crippen LogP contribution in [0.5, 0.6) is 0 Å². The number of nitrogens with zero attached hydrogens (tertiary/aromatic N) is 2. The summed E-state index contributed by atoms with van der Waals surface area (Å²) in [5, 5.41) is 4.07. The van der Waals surface area contributed by atoms with Gasteiger partial charge in [-0.05, 0) is 64.2 Å². The maximum atomic E-state index is 13.3. The molecule has 3 aromatic rings. The number of carbonyl (C=O) groups excluding carboxylic acids is 1. The quantitative estimate of drug-likeness (QED) is 0.655. The average molecular weight is 382 g/mol. The smallest absolute Gasteiger partial charge is 0.264 e. The van der Waals surface area contributed by atoms with E-state index in [1.807, 2.05) is 26.0 Å². The number of aromatic nitrogens is 2. The van der Waals surface area contributed by atoms with Crippen LogP contribution >= 0.6 is 11.3 Å². The lowest BCUT2D eigenvalue weighted by Crippen LogP contribution is -2.26. The largest absolute Gasteiger partial charge is 0.325 e. The van der Waals surface area contributed by atoms with Crippen LogP contribution in [0, 0.1) is 0 Å². The first-order valence-electron chi connectivity index (χ1n) is 9.40. The number of aryl methyl sites for hydroxylation is 2. The standard InChI is InChI=1S/C21H23N3O2S/c1-12(2)24-20(26)18-16-9-4-5-10-17(16)27-19(18)23-21(24)22-15-8-6-7-14(11-15)13(3)25/h6-8,11-12H,4-5,9-10H2,1-3H3,(H,22,23). The van der Waals surface area contributed by atoms with Gasteiger partial charge in [-0.25, -0.2) is 4.98 Å². The van der Waals surface area contributed by atoms with Gasteiger partial charge in [-0.3, -0.25) is 14.2 Å². The molecule has 1 N–H and O–H groups in total. The number of Topliss-reactive ketones (excluding diaryl/α,β-unsaturated/α-hetero) is 1. The van der Waals surface area contributed by atoms with Crippen molar-refractivity contribution < 1.29 is 4.79 Å². The summed E-state index contributed by atoms with van der Waals surface area (Å²) >= 11 is 1.65. The highest BCUT2D eigenvalue weighted by molar-refractivity contribution is 7.18. The molecule has 1 aromatic carbocycles. The lowest BCUT2D eigenvalue weighted by molar-refractivity contribution is 0.101. The van der Waals surface area contributed by atoms with E-state index in [-0.39, 0.29) is 17.4 Å². The molecular formula is C21H23N3O2S. The Labute approximate surface area is 162 Å². The third-order valence-corrected chi connectivity index (χ3v) is 6.25. The minimum atomic E-state index is -0.0213. The molecule has 1 aliphatic carbocycles. The van der Waals surface area contributed by atoms with Crippen LogP contribution in [0.4, 0.5) is 11.6 Å². The van der Waals surface area contributed by atoms with Gasteiger partial charge >= 0.3 is 0 Å². The summed E-state index contributed by atoms with van der Waals surface area (Å²) in [4.78, 5) is 31.9. The second-order valence-electron chi connectivity index (χ2n) is 7.36. The summed E-state index contributed by atoms with van der Waals surface area (Å²) in [5.41, 5.74) is 2.62. The molecule has 0 fully saturated rings. The molecule has 2 heterocycles. The molecule has 0 spiro atoms. The van der Waals surface area contributed by atoms with Crippen LogP contribution in [0.25, 0.3) is 10.2 Å². The molecule has 2 aromatic heterocycles. The SMILES string of the molecule is CC(=O)c1cccc(Nc2nc3sc4c(c3c(=O)n2C(C)C)CCCC4)c1. The molecule has 0 amide bonds. The van der Waals surface area contributed by atoms with E-state index >= 15 is 0 Å². The molecular weight excluding hydrogens is 358 g/mol. The van der Waals surface area contributed by atoms with Crippen LogP contribution in [0.15, 0.2) is 29.1 Å². The fourth-order valence-electron chi connectivity index (χ4n) is 3.73. The molecule has 0 aliphatic heterocycles. The molecule has 0 radical (unpaired) electrons. The van der Waals surface area contributed by atoms with Crippen LogP contribution in [0.3, 0.4) is 0 Å². The van der Waals surface area contributed by atoms with Crippen molar-refractivity contribution in [2.45, 2.75) is 52.5 Å². The lowest BCUT2D eigenvalue weighted by atomic mass is 9.97. The number of nitrogens with one attached hydrogen (secondary N) is 1. The van der Waals surface area contributed by atoms with Crippen molar-refractivity contribution in [2.75, 3.05) is 5.32 Å².